The summed E-state index contributed by atoms with van der Waals surface area (Å²) in [5.74, 6) is 0.213. The third-order valence-corrected chi connectivity index (χ3v) is 21.4. The van der Waals surface area contributed by atoms with Gasteiger partial charge in [0.15, 0.2) is 16.6 Å². The summed E-state index contributed by atoms with van der Waals surface area (Å²) in [5.41, 5.74) is 3.25. The van der Waals surface area contributed by atoms with Gasteiger partial charge in [-0.2, -0.15) is 0 Å². The monoisotopic (exact) mass is 808 g/mol. The molecule has 0 bridgehead atoms. The molecule has 8 nitrogen and oxygen atoms in total. The normalized spacial score (nSPS) is 19.0. The Bertz CT molecular complexity index is 1780. The molecule has 10 heteroatoms. The number of carbonyl (C=O) groups is 2. The number of ketones is 1. The molecule has 1 unspecified atom stereocenters. The molecule has 1 aliphatic rings. The zero-order valence-electron chi connectivity index (χ0n) is 37.3. The number of epoxide rings is 1. The molecular weight excluding hydrogens is 737 g/mol. The van der Waals surface area contributed by atoms with Gasteiger partial charge in [0.2, 0.25) is 5.60 Å². The summed E-state index contributed by atoms with van der Waals surface area (Å²) in [7, 11) is -4.65. The van der Waals surface area contributed by atoms with E-state index in [0.717, 1.165) is 46.2 Å². The summed E-state index contributed by atoms with van der Waals surface area (Å²) < 4.78 is 39.1. The van der Waals surface area contributed by atoms with Crippen molar-refractivity contribution in [3.63, 3.8) is 0 Å². The van der Waals surface area contributed by atoms with Crippen molar-refractivity contribution in [2.24, 2.45) is 5.92 Å². The Morgan fingerprint density at radius 3 is 2.09 bits per heavy atom. The van der Waals surface area contributed by atoms with Crippen LogP contribution in [0.2, 0.25) is 36.3 Å². The maximum atomic E-state index is 15.0. The predicted octanol–water partition coefficient (Wildman–Crippen LogP) is 12.1. The van der Waals surface area contributed by atoms with Gasteiger partial charge in [-0.05, 0) is 85.6 Å². The van der Waals surface area contributed by atoms with Crippen LogP contribution in [0.1, 0.15) is 130 Å². The highest BCUT2D eigenvalue weighted by molar-refractivity contribution is 6.74. The molecule has 1 aliphatic heterocycles. The topological polar surface area (TPSA) is 96.7 Å². The summed E-state index contributed by atoms with van der Waals surface area (Å²) >= 11 is 0. The van der Waals surface area contributed by atoms with E-state index in [-0.39, 0.29) is 35.0 Å². The summed E-state index contributed by atoms with van der Waals surface area (Å²) in [4.78, 5) is 28.7. The number of furan rings is 1. The minimum Gasteiger partial charge on any atom is -0.488 e. The van der Waals surface area contributed by atoms with E-state index < -0.39 is 40.2 Å². The van der Waals surface area contributed by atoms with Gasteiger partial charge in [-0.25, -0.2) is 4.79 Å². The van der Waals surface area contributed by atoms with Gasteiger partial charge in [-0.15, -0.1) is 0 Å². The number of hydrogen-bond acceptors (Lipinski definition) is 8. The number of fused-ring (bicyclic) bond motifs is 1. The molecule has 0 radical (unpaired) electrons. The largest absolute Gasteiger partial charge is 0.488 e. The van der Waals surface area contributed by atoms with Crippen LogP contribution in [0.4, 0.5) is 0 Å². The Morgan fingerprint density at radius 2 is 1.55 bits per heavy atom. The van der Waals surface area contributed by atoms with E-state index >= 15 is 0 Å². The van der Waals surface area contributed by atoms with Gasteiger partial charge in [0.05, 0.1) is 31.1 Å². The third-order valence-electron chi connectivity index (χ3n) is 12.4. The number of rotatable bonds is 20. The van der Waals surface area contributed by atoms with Crippen LogP contribution in [-0.2, 0) is 47.5 Å². The van der Waals surface area contributed by atoms with Crippen LogP contribution in [0.15, 0.2) is 47.1 Å². The molecule has 2 heterocycles. The zero-order valence-corrected chi connectivity index (χ0v) is 39.3. The van der Waals surface area contributed by atoms with Gasteiger partial charge in [0, 0.05) is 23.3 Å². The fourth-order valence-electron chi connectivity index (χ4n) is 7.01. The molecule has 2 aromatic carbocycles. The molecule has 1 saturated heterocycles. The molecule has 0 saturated carbocycles. The first-order valence-corrected chi connectivity index (χ1v) is 26.8. The van der Waals surface area contributed by atoms with Crippen LogP contribution in [0.5, 0.6) is 5.75 Å². The van der Waals surface area contributed by atoms with Crippen LogP contribution >= 0.6 is 0 Å². The maximum Gasteiger partial charge on any atom is 0.343 e. The van der Waals surface area contributed by atoms with Crippen molar-refractivity contribution < 1.29 is 37.1 Å². The minimum atomic E-state index is -2.47. The van der Waals surface area contributed by atoms with E-state index in [1.54, 1.807) is 13.2 Å². The van der Waals surface area contributed by atoms with Crippen LogP contribution < -0.4 is 4.74 Å². The number of ether oxygens (including phenoxy) is 3. The van der Waals surface area contributed by atoms with Gasteiger partial charge in [-0.1, -0.05) is 106 Å². The average Bonchev–Trinajstić information content (AvgIpc) is 3.72. The minimum absolute atomic E-state index is 0.00109. The summed E-state index contributed by atoms with van der Waals surface area (Å²) in [6.07, 6.45) is 3.44. The first-order chi connectivity index (χ1) is 26.0. The highest BCUT2D eigenvalue weighted by atomic mass is 28.4. The Hall–Kier alpha value is -2.77. The fourth-order valence-corrected chi connectivity index (χ4v) is 9.28. The molecular formula is C46H72O8Si2. The van der Waals surface area contributed by atoms with E-state index in [4.69, 9.17) is 27.5 Å². The summed E-state index contributed by atoms with van der Waals surface area (Å²) in [5, 5.41) is 0.760. The van der Waals surface area contributed by atoms with Crippen molar-refractivity contribution >= 4 is 39.4 Å². The van der Waals surface area contributed by atoms with Crippen LogP contribution in [-0.4, -0.2) is 52.8 Å². The first kappa shape index (κ1) is 45.9. The van der Waals surface area contributed by atoms with Gasteiger partial charge >= 0.3 is 5.97 Å². The fraction of sp³-hybridized carbons (Fsp3) is 0.652. The lowest BCUT2D eigenvalue weighted by Gasteiger charge is -2.40. The standard InChI is InChI=1S/C46H72O8Si2/c1-16-22-34(38(47)27-40(54-56(14,15)45(9,10)11)46(39(17-2)53-46)43(48)49-18-3)36-29-51-42-35(36)26-33(25-31(4)5)41(50-28-32-23-20-19-21-24-32)37(42)30-52-55(12,13)44(6,7)8/h19-21,23-24,26,29,31,34,39-40H,16-18,22,25,27-28,30H2,1-15H3/t34-,39?,40-,46-/m1/s1. The van der Waals surface area contributed by atoms with Crippen molar-refractivity contribution in [2.45, 2.75) is 181 Å². The number of carbonyl (C=O) groups excluding carboxylic acids is 2. The molecule has 0 aliphatic carbocycles. The van der Waals surface area contributed by atoms with Crippen molar-refractivity contribution in [3.05, 3.63) is 64.9 Å². The van der Waals surface area contributed by atoms with E-state index in [9.17, 15) is 9.59 Å². The second-order valence-corrected chi connectivity index (χ2v) is 28.8. The molecule has 1 aromatic heterocycles. The van der Waals surface area contributed by atoms with E-state index in [1.807, 2.05) is 25.1 Å². The van der Waals surface area contributed by atoms with Crippen molar-refractivity contribution in [1.82, 2.24) is 0 Å². The lowest BCUT2D eigenvalue weighted by Crippen LogP contribution is -2.52. The first-order valence-electron chi connectivity index (χ1n) is 21.0. The van der Waals surface area contributed by atoms with Crippen LogP contribution in [0.25, 0.3) is 11.0 Å². The molecule has 56 heavy (non-hydrogen) atoms. The Labute approximate surface area is 340 Å². The molecule has 4 rings (SSSR count). The molecule has 312 valence electrons. The van der Waals surface area contributed by atoms with Crippen LogP contribution in [0, 0.1) is 5.92 Å². The summed E-state index contributed by atoms with van der Waals surface area (Å²) in [6.45, 7) is 33.3. The van der Waals surface area contributed by atoms with E-state index in [1.165, 1.54) is 0 Å². The summed E-state index contributed by atoms with van der Waals surface area (Å²) in [6, 6.07) is 12.4. The Morgan fingerprint density at radius 1 is 0.911 bits per heavy atom. The molecule has 3 aromatic rings. The Balaban J connectivity index is 1.87. The van der Waals surface area contributed by atoms with E-state index in [2.05, 4.69) is 107 Å². The number of benzene rings is 2. The number of hydrogen-bond donors (Lipinski definition) is 0. The highest BCUT2D eigenvalue weighted by Gasteiger charge is 2.69. The highest BCUT2D eigenvalue weighted by Crippen LogP contribution is 2.50. The molecule has 0 N–H and O–H groups in total. The third kappa shape index (κ3) is 10.1. The van der Waals surface area contributed by atoms with Gasteiger partial charge in [-0.3, -0.25) is 4.79 Å². The van der Waals surface area contributed by atoms with Gasteiger partial charge < -0.3 is 27.5 Å². The smallest absolute Gasteiger partial charge is 0.343 e. The van der Waals surface area contributed by atoms with Crippen molar-refractivity contribution in [1.29, 1.82) is 0 Å². The van der Waals surface area contributed by atoms with Gasteiger partial charge in [0.25, 0.3) is 0 Å². The SMILES string of the molecule is CCC[C@@H](C(=O)C[C@@H](O[Si](C)(C)C(C)(C)C)[C@]1(C(=O)OCC)OC1CC)c1coc2c(CO[Si](C)(C)C(C)(C)C)c(OCc3ccccc3)c(CC(C)C)cc12. The van der Waals surface area contributed by atoms with E-state index in [0.29, 0.717) is 37.6 Å². The second-order valence-electron chi connectivity index (χ2n) is 19.2. The maximum absolute atomic E-state index is 15.0. The lowest BCUT2D eigenvalue weighted by atomic mass is 9.84. The zero-order chi connectivity index (χ0) is 41.9. The predicted molar refractivity (Wildman–Crippen MR) is 231 cm³/mol. The van der Waals surface area contributed by atoms with Crippen molar-refractivity contribution in [3.8, 4) is 5.75 Å². The number of esters is 1. The number of Topliss-reactive ketones (excluding diaryl/α,β-unsaturated/α-hetero) is 1. The second kappa shape index (κ2) is 18.0. The van der Waals surface area contributed by atoms with Crippen molar-refractivity contribution in [2.75, 3.05) is 6.61 Å². The molecule has 0 amide bonds. The van der Waals surface area contributed by atoms with Gasteiger partial charge in [0.1, 0.15) is 29.8 Å². The molecule has 0 spiro atoms. The Kier molecular flexibility index (Phi) is 14.8. The quantitative estimate of drug-likeness (QED) is 0.0632. The molecule has 1 fully saturated rings. The van der Waals surface area contributed by atoms with Crippen LogP contribution in [0.3, 0.4) is 0 Å². The molecule has 4 atom stereocenters. The average molecular weight is 809 g/mol. The lowest BCUT2D eigenvalue weighted by molar-refractivity contribution is -0.154.